The Hall–Kier alpha value is -3.80. The van der Waals surface area contributed by atoms with Gasteiger partial charge in [-0.15, -0.1) is 0 Å². The van der Waals surface area contributed by atoms with Gasteiger partial charge in [0.05, 0.1) is 31.2 Å². The molecule has 0 spiro atoms. The number of amides is 1. The van der Waals surface area contributed by atoms with Gasteiger partial charge in [0.15, 0.2) is 11.5 Å². The zero-order valence-corrected chi connectivity index (χ0v) is 17.7. The quantitative estimate of drug-likeness (QED) is 0.464. The van der Waals surface area contributed by atoms with Crippen LogP contribution >= 0.6 is 0 Å². The summed E-state index contributed by atoms with van der Waals surface area (Å²) in [5, 5.41) is 2.99. The molecule has 6 nitrogen and oxygen atoms in total. The molecule has 0 radical (unpaired) electrons. The number of aromatic nitrogens is 2. The van der Waals surface area contributed by atoms with E-state index < -0.39 is 0 Å². The summed E-state index contributed by atoms with van der Waals surface area (Å²) in [5.41, 5.74) is 3.58. The Labute approximate surface area is 181 Å². The number of para-hydroxylation sites is 4. The molecule has 158 valence electrons. The maximum absolute atomic E-state index is 12.6. The summed E-state index contributed by atoms with van der Waals surface area (Å²) in [6.07, 6.45) is 0. The first-order chi connectivity index (χ1) is 15.2. The van der Waals surface area contributed by atoms with Gasteiger partial charge in [-0.2, -0.15) is 0 Å². The number of nitrogens with zero attached hydrogens (tertiary/aromatic N) is 2. The van der Waals surface area contributed by atoms with E-state index >= 15 is 0 Å². The van der Waals surface area contributed by atoms with E-state index in [0.29, 0.717) is 36.8 Å². The smallest absolute Gasteiger partial charge is 0.251 e. The standard InChI is InChI=1S/C25H25N3O3/c1-18-8-7-9-19(16-18)25(29)26-17-24-27-20-10-3-4-11-21(20)28(24)14-15-31-23-13-6-5-12-22(23)30-2/h3-13,16H,14-15,17H2,1-2H3,(H,26,29). The summed E-state index contributed by atoms with van der Waals surface area (Å²) < 4.78 is 13.4. The third kappa shape index (κ3) is 4.69. The molecule has 0 saturated heterocycles. The van der Waals surface area contributed by atoms with E-state index in [2.05, 4.69) is 9.88 Å². The summed E-state index contributed by atoms with van der Waals surface area (Å²) in [5.74, 6) is 2.06. The van der Waals surface area contributed by atoms with Crippen molar-refractivity contribution in [2.75, 3.05) is 13.7 Å². The first-order valence-electron chi connectivity index (χ1n) is 10.2. The van der Waals surface area contributed by atoms with Crippen LogP contribution in [0.15, 0.2) is 72.8 Å². The number of rotatable bonds is 8. The second-order valence-corrected chi connectivity index (χ2v) is 7.22. The fourth-order valence-electron chi connectivity index (χ4n) is 3.54. The van der Waals surface area contributed by atoms with Crippen molar-refractivity contribution in [2.45, 2.75) is 20.0 Å². The molecule has 1 heterocycles. The van der Waals surface area contributed by atoms with Gasteiger partial charge in [0.2, 0.25) is 0 Å². The van der Waals surface area contributed by atoms with Crippen LogP contribution in [0.25, 0.3) is 11.0 Å². The van der Waals surface area contributed by atoms with Gasteiger partial charge >= 0.3 is 0 Å². The van der Waals surface area contributed by atoms with Crippen LogP contribution in [-0.2, 0) is 13.1 Å². The number of benzene rings is 3. The van der Waals surface area contributed by atoms with E-state index in [1.54, 1.807) is 7.11 Å². The highest BCUT2D eigenvalue weighted by Crippen LogP contribution is 2.26. The topological polar surface area (TPSA) is 65.4 Å². The lowest BCUT2D eigenvalue weighted by Gasteiger charge is -2.13. The highest BCUT2D eigenvalue weighted by atomic mass is 16.5. The van der Waals surface area contributed by atoms with Crippen molar-refractivity contribution in [3.63, 3.8) is 0 Å². The number of fused-ring (bicyclic) bond motifs is 1. The zero-order valence-electron chi connectivity index (χ0n) is 17.7. The summed E-state index contributed by atoms with van der Waals surface area (Å²) >= 11 is 0. The molecule has 0 atom stereocenters. The largest absolute Gasteiger partial charge is 0.493 e. The minimum Gasteiger partial charge on any atom is -0.493 e. The van der Waals surface area contributed by atoms with E-state index in [9.17, 15) is 4.79 Å². The number of methoxy groups -OCH3 is 1. The van der Waals surface area contributed by atoms with E-state index in [4.69, 9.17) is 14.5 Å². The number of imidazole rings is 1. The molecular formula is C25H25N3O3. The average molecular weight is 415 g/mol. The molecule has 31 heavy (non-hydrogen) atoms. The van der Waals surface area contributed by atoms with Gasteiger partial charge in [-0.05, 0) is 43.3 Å². The van der Waals surface area contributed by atoms with Crippen LogP contribution in [0.4, 0.5) is 0 Å². The first-order valence-corrected chi connectivity index (χ1v) is 10.2. The van der Waals surface area contributed by atoms with Crippen molar-refractivity contribution in [3.05, 3.63) is 89.7 Å². The molecule has 0 saturated carbocycles. The maximum atomic E-state index is 12.6. The molecule has 4 aromatic rings. The Kier molecular flexibility index (Phi) is 6.17. The molecule has 0 aliphatic carbocycles. The van der Waals surface area contributed by atoms with Crippen molar-refractivity contribution < 1.29 is 14.3 Å². The van der Waals surface area contributed by atoms with Gasteiger partial charge in [-0.1, -0.05) is 42.0 Å². The summed E-state index contributed by atoms with van der Waals surface area (Å²) in [6, 6.07) is 23.0. The molecule has 0 unspecified atom stereocenters. The molecule has 0 fully saturated rings. The zero-order chi connectivity index (χ0) is 21.6. The average Bonchev–Trinajstić information content (AvgIpc) is 3.15. The van der Waals surface area contributed by atoms with Crippen LogP contribution in [-0.4, -0.2) is 29.2 Å². The number of aryl methyl sites for hydroxylation is 1. The minimum absolute atomic E-state index is 0.118. The van der Waals surface area contributed by atoms with Crippen molar-refractivity contribution in [1.82, 2.24) is 14.9 Å². The fourth-order valence-corrected chi connectivity index (χ4v) is 3.54. The second-order valence-electron chi connectivity index (χ2n) is 7.22. The Bertz CT molecular complexity index is 1200. The monoisotopic (exact) mass is 415 g/mol. The molecule has 3 aromatic carbocycles. The number of hydrogen-bond acceptors (Lipinski definition) is 4. The van der Waals surface area contributed by atoms with Crippen LogP contribution in [0, 0.1) is 6.92 Å². The van der Waals surface area contributed by atoms with Gasteiger partial charge in [0.25, 0.3) is 5.91 Å². The molecule has 1 amide bonds. The second kappa shape index (κ2) is 9.34. The van der Waals surface area contributed by atoms with Crippen molar-refractivity contribution in [2.24, 2.45) is 0 Å². The lowest BCUT2D eigenvalue weighted by Crippen LogP contribution is -2.25. The number of nitrogens with one attached hydrogen (secondary N) is 1. The van der Waals surface area contributed by atoms with Gasteiger partial charge in [0.1, 0.15) is 12.4 Å². The molecule has 0 aliphatic rings. The van der Waals surface area contributed by atoms with Gasteiger partial charge in [-0.3, -0.25) is 4.79 Å². The summed E-state index contributed by atoms with van der Waals surface area (Å²) in [7, 11) is 1.63. The molecule has 1 N–H and O–H groups in total. The Morgan fingerprint density at radius 2 is 1.77 bits per heavy atom. The number of hydrogen-bond donors (Lipinski definition) is 1. The van der Waals surface area contributed by atoms with Crippen molar-refractivity contribution in [1.29, 1.82) is 0 Å². The van der Waals surface area contributed by atoms with E-state index in [1.165, 1.54) is 0 Å². The predicted octanol–water partition coefficient (Wildman–Crippen LogP) is 4.36. The first kappa shape index (κ1) is 20.5. The third-order valence-corrected chi connectivity index (χ3v) is 5.06. The van der Waals surface area contributed by atoms with Crippen LogP contribution in [0.1, 0.15) is 21.7 Å². The Balaban J connectivity index is 1.49. The highest BCUT2D eigenvalue weighted by Gasteiger charge is 2.13. The molecule has 4 rings (SSSR count). The predicted molar refractivity (Wildman–Crippen MR) is 121 cm³/mol. The number of carbonyl (C=O) groups excluding carboxylic acids is 1. The normalized spacial score (nSPS) is 10.8. The highest BCUT2D eigenvalue weighted by molar-refractivity contribution is 5.94. The van der Waals surface area contributed by atoms with Gasteiger partial charge < -0.3 is 19.4 Å². The summed E-state index contributed by atoms with van der Waals surface area (Å²) in [6.45, 7) is 3.34. The minimum atomic E-state index is -0.118. The molecule has 1 aromatic heterocycles. The lowest BCUT2D eigenvalue weighted by molar-refractivity contribution is 0.0949. The van der Waals surface area contributed by atoms with Crippen molar-refractivity contribution in [3.8, 4) is 11.5 Å². The van der Waals surface area contributed by atoms with Gasteiger partial charge in [0, 0.05) is 5.56 Å². The number of carbonyl (C=O) groups is 1. The fraction of sp³-hybridized carbons (Fsp3) is 0.200. The van der Waals surface area contributed by atoms with E-state index in [-0.39, 0.29) is 5.91 Å². The van der Waals surface area contributed by atoms with E-state index in [0.717, 1.165) is 22.4 Å². The SMILES string of the molecule is COc1ccccc1OCCn1c(CNC(=O)c2cccc(C)c2)nc2ccccc21. The van der Waals surface area contributed by atoms with Crippen molar-refractivity contribution >= 4 is 16.9 Å². The maximum Gasteiger partial charge on any atom is 0.251 e. The van der Waals surface area contributed by atoms with E-state index in [1.807, 2.05) is 79.7 Å². The lowest BCUT2D eigenvalue weighted by atomic mass is 10.1. The molecule has 0 bridgehead atoms. The van der Waals surface area contributed by atoms with Crippen LogP contribution in [0.2, 0.25) is 0 Å². The Morgan fingerprint density at radius 3 is 2.58 bits per heavy atom. The third-order valence-electron chi connectivity index (χ3n) is 5.06. The summed E-state index contributed by atoms with van der Waals surface area (Å²) in [4.78, 5) is 17.3. The number of ether oxygens (including phenoxy) is 2. The van der Waals surface area contributed by atoms with Crippen LogP contribution in [0.3, 0.4) is 0 Å². The molecule has 6 heteroatoms. The Morgan fingerprint density at radius 1 is 1.00 bits per heavy atom. The molecular weight excluding hydrogens is 390 g/mol. The van der Waals surface area contributed by atoms with Gasteiger partial charge in [-0.25, -0.2) is 4.98 Å². The van der Waals surface area contributed by atoms with Crippen LogP contribution < -0.4 is 14.8 Å². The van der Waals surface area contributed by atoms with Crippen LogP contribution in [0.5, 0.6) is 11.5 Å². The molecule has 0 aliphatic heterocycles.